The van der Waals surface area contributed by atoms with Gasteiger partial charge in [0.05, 0.1) is 11.0 Å². The van der Waals surface area contributed by atoms with Crippen molar-refractivity contribution in [3.8, 4) is 11.3 Å². The van der Waals surface area contributed by atoms with Gasteiger partial charge in [0.15, 0.2) is 6.10 Å². The minimum atomic E-state index is -0.996. The fraction of sp³-hybridized carbons (Fsp3) is 0.250. The Bertz CT molecular complexity index is 1150. The molecule has 1 amide bonds. The number of nitro benzene ring substituents is 1. The van der Waals surface area contributed by atoms with Gasteiger partial charge in [-0.1, -0.05) is 24.3 Å². The van der Waals surface area contributed by atoms with E-state index < -0.39 is 17.0 Å². The number of esters is 1. The number of nitrogens with one attached hydrogen (secondary N) is 1. The number of hydrogen-bond acceptors (Lipinski definition) is 6. The quantitative estimate of drug-likeness (QED) is 0.345. The molecule has 0 saturated carbocycles. The maximum atomic E-state index is 12.6. The van der Waals surface area contributed by atoms with E-state index in [0.717, 1.165) is 24.8 Å². The SMILES string of the molecule is CC(OC(=O)c1ccc(-c2ccc([N+](=O)[O-])cc2)o1)C(=O)NC1CCCc2ccccc21. The van der Waals surface area contributed by atoms with Crippen molar-refractivity contribution in [1.82, 2.24) is 5.32 Å². The van der Waals surface area contributed by atoms with Crippen molar-refractivity contribution in [1.29, 1.82) is 0 Å². The molecule has 1 N–H and O–H groups in total. The Kier molecular flexibility index (Phi) is 6.02. The zero-order valence-electron chi connectivity index (χ0n) is 17.4. The number of nitro groups is 1. The fourth-order valence-electron chi connectivity index (χ4n) is 3.82. The van der Waals surface area contributed by atoms with E-state index in [1.165, 1.54) is 42.8 Å². The predicted molar refractivity (Wildman–Crippen MR) is 116 cm³/mol. The lowest BCUT2D eigenvalue weighted by Crippen LogP contribution is -2.39. The summed E-state index contributed by atoms with van der Waals surface area (Å²) in [5, 5.41) is 13.7. The Morgan fingerprint density at radius 2 is 1.88 bits per heavy atom. The predicted octanol–water partition coefficient (Wildman–Crippen LogP) is 4.59. The number of fused-ring (bicyclic) bond motifs is 1. The van der Waals surface area contributed by atoms with Crippen molar-refractivity contribution in [3.63, 3.8) is 0 Å². The van der Waals surface area contributed by atoms with Gasteiger partial charge in [-0.25, -0.2) is 4.79 Å². The number of hydrogen-bond donors (Lipinski definition) is 1. The van der Waals surface area contributed by atoms with Crippen molar-refractivity contribution >= 4 is 17.6 Å². The molecule has 0 bridgehead atoms. The highest BCUT2D eigenvalue weighted by molar-refractivity contribution is 5.90. The van der Waals surface area contributed by atoms with E-state index in [-0.39, 0.29) is 23.4 Å². The second kappa shape index (κ2) is 9.05. The lowest BCUT2D eigenvalue weighted by atomic mass is 9.87. The first-order valence-electron chi connectivity index (χ1n) is 10.4. The first kappa shape index (κ1) is 21.3. The molecule has 0 saturated heterocycles. The first-order chi connectivity index (χ1) is 15.4. The maximum absolute atomic E-state index is 12.6. The minimum absolute atomic E-state index is 0.0413. The monoisotopic (exact) mass is 434 g/mol. The van der Waals surface area contributed by atoms with Crippen LogP contribution < -0.4 is 5.32 Å². The highest BCUT2D eigenvalue weighted by Gasteiger charge is 2.26. The standard InChI is InChI=1S/C24H22N2O6/c1-15(23(27)25-20-8-4-6-16-5-2-3-7-19(16)20)31-24(28)22-14-13-21(32-22)17-9-11-18(12-10-17)26(29)30/h2-3,5,7,9-15,20H,4,6,8H2,1H3,(H,25,27). The molecule has 4 rings (SSSR count). The second-order valence-corrected chi connectivity index (χ2v) is 7.67. The summed E-state index contributed by atoms with van der Waals surface area (Å²) in [5.41, 5.74) is 2.87. The van der Waals surface area contributed by atoms with Crippen LogP contribution in [0.1, 0.15) is 47.5 Å². The molecule has 1 aliphatic carbocycles. The van der Waals surface area contributed by atoms with Crippen LogP contribution in [0.2, 0.25) is 0 Å². The molecule has 0 aliphatic heterocycles. The first-order valence-corrected chi connectivity index (χ1v) is 10.4. The van der Waals surface area contributed by atoms with Crippen molar-refractivity contribution in [2.45, 2.75) is 38.3 Å². The third-order valence-electron chi connectivity index (χ3n) is 5.51. The van der Waals surface area contributed by atoms with Crippen LogP contribution >= 0.6 is 0 Å². The number of non-ortho nitro benzene ring substituents is 1. The molecule has 1 aromatic heterocycles. The third-order valence-corrected chi connectivity index (χ3v) is 5.51. The fourth-order valence-corrected chi connectivity index (χ4v) is 3.82. The van der Waals surface area contributed by atoms with Crippen LogP contribution in [0.15, 0.2) is 65.1 Å². The number of carbonyl (C=O) groups excluding carboxylic acids is 2. The molecule has 164 valence electrons. The van der Waals surface area contributed by atoms with Crippen LogP contribution in [0.5, 0.6) is 0 Å². The average molecular weight is 434 g/mol. The molecule has 0 fully saturated rings. The number of furan rings is 1. The Morgan fingerprint density at radius 1 is 1.12 bits per heavy atom. The molecule has 1 heterocycles. The molecule has 0 radical (unpaired) electrons. The molecular formula is C24H22N2O6. The third kappa shape index (κ3) is 4.54. The number of carbonyl (C=O) groups is 2. The normalized spacial score (nSPS) is 16.0. The van der Waals surface area contributed by atoms with E-state index in [9.17, 15) is 19.7 Å². The number of aryl methyl sites for hydroxylation is 1. The number of benzene rings is 2. The molecule has 0 spiro atoms. The maximum Gasteiger partial charge on any atom is 0.375 e. The summed E-state index contributed by atoms with van der Waals surface area (Å²) >= 11 is 0. The van der Waals surface area contributed by atoms with Crippen molar-refractivity contribution < 1.29 is 23.7 Å². The molecule has 1 aliphatic rings. The van der Waals surface area contributed by atoms with Gasteiger partial charge >= 0.3 is 5.97 Å². The molecule has 2 aromatic carbocycles. The zero-order chi connectivity index (χ0) is 22.7. The number of nitrogens with zero attached hydrogens (tertiary/aromatic N) is 1. The van der Waals surface area contributed by atoms with Crippen molar-refractivity contribution in [2.24, 2.45) is 0 Å². The zero-order valence-corrected chi connectivity index (χ0v) is 17.4. The van der Waals surface area contributed by atoms with E-state index in [4.69, 9.17) is 9.15 Å². The van der Waals surface area contributed by atoms with Gasteiger partial charge in [-0.3, -0.25) is 14.9 Å². The molecular weight excluding hydrogens is 412 g/mol. The summed E-state index contributed by atoms with van der Waals surface area (Å²) in [4.78, 5) is 35.4. The lowest BCUT2D eigenvalue weighted by Gasteiger charge is -2.27. The average Bonchev–Trinajstić information content (AvgIpc) is 3.30. The van der Waals surface area contributed by atoms with Crippen LogP contribution in [0.25, 0.3) is 11.3 Å². The van der Waals surface area contributed by atoms with E-state index in [1.807, 2.05) is 18.2 Å². The number of rotatable bonds is 6. The summed E-state index contributed by atoms with van der Waals surface area (Å²) in [6.07, 6.45) is 1.81. The largest absolute Gasteiger partial charge is 0.449 e. The minimum Gasteiger partial charge on any atom is -0.449 e. The molecule has 8 heteroatoms. The summed E-state index contributed by atoms with van der Waals surface area (Å²) in [6, 6.07) is 16.7. The van der Waals surface area contributed by atoms with Crippen LogP contribution in [0.4, 0.5) is 5.69 Å². The van der Waals surface area contributed by atoms with Crippen molar-refractivity contribution in [2.75, 3.05) is 0 Å². The van der Waals surface area contributed by atoms with Crippen LogP contribution in [0, 0.1) is 10.1 Å². The number of amides is 1. The van der Waals surface area contributed by atoms with Crippen molar-refractivity contribution in [3.05, 3.63) is 87.7 Å². The van der Waals surface area contributed by atoms with E-state index in [0.29, 0.717) is 11.3 Å². The van der Waals surface area contributed by atoms with Gasteiger partial charge in [-0.05, 0) is 61.6 Å². The van der Waals surface area contributed by atoms with E-state index >= 15 is 0 Å². The van der Waals surface area contributed by atoms with Crippen LogP contribution in [0.3, 0.4) is 0 Å². The van der Waals surface area contributed by atoms with Gasteiger partial charge in [0.1, 0.15) is 5.76 Å². The van der Waals surface area contributed by atoms with E-state index in [2.05, 4.69) is 11.4 Å². The Balaban J connectivity index is 1.38. The summed E-state index contributed by atoms with van der Waals surface area (Å²) in [6.45, 7) is 1.52. The van der Waals surface area contributed by atoms with Gasteiger partial charge in [-0.15, -0.1) is 0 Å². The lowest BCUT2D eigenvalue weighted by molar-refractivity contribution is -0.384. The summed E-state index contributed by atoms with van der Waals surface area (Å²) < 4.78 is 10.8. The molecule has 2 atom stereocenters. The molecule has 8 nitrogen and oxygen atoms in total. The van der Waals surface area contributed by atoms with Gasteiger partial charge in [0.2, 0.25) is 5.76 Å². The van der Waals surface area contributed by atoms with Gasteiger partial charge in [0.25, 0.3) is 11.6 Å². The van der Waals surface area contributed by atoms with Crippen LogP contribution in [-0.4, -0.2) is 22.9 Å². The Hall–Kier alpha value is -3.94. The van der Waals surface area contributed by atoms with E-state index in [1.54, 1.807) is 6.07 Å². The summed E-state index contributed by atoms with van der Waals surface area (Å²) in [5.74, 6) is -0.823. The second-order valence-electron chi connectivity index (χ2n) is 7.67. The smallest absolute Gasteiger partial charge is 0.375 e. The highest BCUT2D eigenvalue weighted by Crippen LogP contribution is 2.29. The summed E-state index contributed by atoms with van der Waals surface area (Å²) in [7, 11) is 0. The Morgan fingerprint density at radius 3 is 2.62 bits per heavy atom. The van der Waals surface area contributed by atoms with Crippen LogP contribution in [-0.2, 0) is 16.0 Å². The van der Waals surface area contributed by atoms with Gasteiger partial charge in [-0.2, -0.15) is 0 Å². The Labute approximate surface area is 184 Å². The van der Waals surface area contributed by atoms with Gasteiger partial charge in [0, 0.05) is 17.7 Å². The molecule has 32 heavy (non-hydrogen) atoms. The highest BCUT2D eigenvalue weighted by atomic mass is 16.6. The topological polar surface area (TPSA) is 112 Å². The molecule has 3 aromatic rings. The molecule has 2 unspecified atom stereocenters. The number of ether oxygens (including phenoxy) is 1. The van der Waals surface area contributed by atoms with Gasteiger partial charge < -0.3 is 14.5 Å².